The third kappa shape index (κ3) is 1.81. The molecule has 0 fully saturated rings. The maximum Gasteiger partial charge on any atom is 0.182 e. The molecule has 0 heterocycles. The largest absolute Gasteiger partial charge is 0.410 e. The third-order valence-corrected chi connectivity index (χ3v) is 1.80. The van der Waals surface area contributed by atoms with Gasteiger partial charge in [-0.3, -0.25) is 0 Å². The zero-order valence-corrected chi connectivity index (χ0v) is 6.25. The fourth-order valence-corrected chi connectivity index (χ4v) is 1.21. The van der Waals surface area contributed by atoms with Crippen LogP contribution in [0.2, 0.25) is 0 Å². The molecule has 0 amide bonds. The van der Waals surface area contributed by atoms with Gasteiger partial charge in [-0.15, -0.1) is 0 Å². The molecule has 1 aliphatic carbocycles. The van der Waals surface area contributed by atoms with E-state index in [1.54, 1.807) is 0 Å². The molecule has 0 spiro atoms. The van der Waals surface area contributed by atoms with Gasteiger partial charge in [-0.25, -0.2) is 0 Å². The Morgan fingerprint density at radius 2 is 2.45 bits per heavy atom. The Kier molecular flexibility index (Phi) is 2.67. The molecule has 0 saturated heterocycles. The van der Waals surface area contributed by atoms with Gasteiger partial charge in [-0.05, 0) is 31.3 Å². The van der Waals surface area contributed by atoms with E-state index in [2.05, 4.69) is 5.16 Å². The molecule has 0 unspecified atom stereocenters. The predicted molar refractivity (Wildman–Crippen MR) is 41.4 cm³/mol. The zero-order valence-electron chi connectivity index (χ0n) is 6.25. The van der Waals surface area contributed by atoms with E-state index in [4.69, 9.17) is 10.5 Å². The second kappa shape index (κ2) is 3.77. The van der Waals surface area contributed by atoms with Crippen LogP contribution in [0.3, 0.4) is 0 Å². The summed E-state index contributed by atoms with van der Waals surface area (Å²) in [7, 11) is 0. The first kappa shape index (κ1) is 7.80. The normalized spacial score (nSPS) is 18.8. The number of allylic oxidation sites excluding steroid dienone is 2. The highest BCUT2D eigenvalue weighted by Gasteiger charge is 2.09. The van der Waals surface area contributed by atoms with Gasteiger partial charge in [0.25, 0.3) is 0 Å². The quantitative estimate of drug-likeness (QED) is 0.352. The Bertz CT molecular complexity index is 235. The Morgan fingerprint density at radius 3 is 2.91 bits per heavy atom. The molecule has 3 nitrogen and oxygen atoms in total. The lowest BCUT2D eigenvalue weighted by atomic mass is 9.97. The molecule has 58 valence electrons. The van der Waals surface area contributed by atoms with E-state index in [1.165, 1.54) is 6.42 Å². The van der Waals surface area contributed by atoms with Crippen molar-refractivity contribution >= 4 is 5.71 Å². The highest BCUT2D eigenvalue weighted by Crippen LogP contribution is 2.18. The third-order valence-electron chi connectivity index (χ3n) is 1.80. The van der Waals surface area contributed by atoms with Crippen molar-refractivity contribution in [2.24, 2.45) is 5.16 Å². The van der Waals surface area contributed by atoms with Crippen LogP contribution in [-0.2, 0) is 0 Å². The summed E-state index contributed by atoms with van der Waals surface area (Å²) in [6.07, 6.45) is 6.10. The number of hydrogen-bond donors (Lipinski definition) is 1. The lowest BCUT2D eigenvalue weighted by Crippen LogP contribution is -2.03. The van der Waals surface area contributed by atoms with E-state index in [-0.39, 0.29) is 5.71 Å². The van der Waals surface area contributed by atoms with Crippen LogP contribution in [0.25, 0.3) is 0 Å². The second-order valence-corrected chi connectivity index (χ2v) is 2.54. The average molecular weight is 150 g/mol. The monoisotopic (exact) mass is 150 g/mol. The summed E-state index contributed by atoms with van der Waals surface area (Å²) in [6, 6.07) is 1.85. The van der Waals surface area contributed by atoms with Gasteiger partial charge in [-0.1, -0.05) is 11.2 Å². The van der Waals surface area contributed by atoms with Crippen molar-refractivity contribution < 1.29 is 5.21 Å². The highest BCUT2D eigenvalue weighted by atomic mass is 16.4. The van der Waals surface area contributed by atoms with Crippen molar-refractivity contribution in [3.05, 3.63) is 11.6 Å². The molecule has 0 atom stereocenters. The van der Waals surface area contributed by atoms with E-state index in [9.17, 15) is 0 Å². The van der Waals surface area contributed by atoms with E-state index in [0.29, 0.717) is 0 Å². The Labute approximate surface area is 65.6 Å². The molecule has 0 aromatic rings. The summed E-state index contributed by atoms with van der Waals surface area (Å²) in [5.41, 5.74) is 1.06. The Balaban J connectivity index is 2.74. The van der Waals surface area contributed by atoms with Gasteiger partial charge in [0.2, 0.25) is 0 Å². The maximum absolute atomic E-state index is 8.50. The van der Waals surface area contributed by atoms with Crippen molar-refractivity contribution in [2.75, 3.05) is 0 Å². The number of oxime groups is 1. The SMILES string of the molecule is N#CC(=NO)C1=CCCCC1. The van der Waals surface area contributed by atoms with Crippen molar-refractivity contribution in [2.45, 2.75) is 25.7 Å². The number of nitriles is 1. The molecule has 1 N–H and O–H groups in total. The molecule has 3 heteroatoms. The summed E-state index contributed by atoms with van der Waals surface area (Å²) >= 11 is 0. The minimum absolute atomic E-state index is 0.171. The van der Waals surface area contributed by atoms with Gasteiger partial charge in [0, 0.05) is 0 Å². The minimum atomic E-state index is 0.171. The van der Waals surface area contributed by atoms with Gasteiger partial charge < -0.3 is 5.21 Å². The summed E-state index contributed by atoms with van der Waals surface area (Å²) in [5, 5.41) is 19.8. The lowest BCUT2D eigenvalue weighted by molar-refractivity contribution is 0.319. The number of nitrogens with zero attached hydrogens (tertiary/aromatic N) is 2. The highest BCUT2D eigenvalue weighted by molar-refractivity contribution is 6.10. The smallest absolute Gasteiger partial charge is 0.182 e. The first-order chi connectivity index (χ1) is 5.38. The Morgan fingerprint density at radius 1 is 1.64 bits per heavy atom. The molecular formula is C8H10N2O. The van der Waals surface area contributed by atoms with Crippen LogP contribution < -0.4 is 0 Å². The van der Waals surface area contributed by atoms with Crippen molar-refractivity contribution in [3.63, 3.8) is 0 Å². The first-order valence-electron chi connectivity index (χ1n) is 3.70. The second-order valence-electron chi connectivity index (χ2n) is 2.54. The lowest BCUT2D eigenvalue weighted by Gasteiger charge is -2.08. The summed E-state index contributed by atoms with van der Waals surface area (Å²) in [6.45, 7) is 0. The zero-order chi connectivity index (χ0) is 8.10. The van der Waals surface area contributed by atoms with Gasteiger partial charge in [0.05, 0.1) is 0 Å². The van der Waals surface area contributed by atoms with Crippen LogP contribution in [0.4, 0.5) is 0 Å². The Hall–Kier alpha value is -1.30. The molecule has 0 aromatic carbocycles. The molecule has 0 aliphatic heterocycles. The predicted octanol–water partition coefficient (Wildman–Crippen LogP) is 1.84. The molecule has 0 radical (unpaired) electrons. The average Bonchev–Trinajstić information content (AvgIpc) is 2.09. The van der Waals surface area contributed by atoms with Crippen molar-refractivity contribution in [1.29, 1.82) is 5.26 Å². The summed E-state index contributed by atoms with van der Waals surface area (Å²) in [4.78, 5) is 0. The molecular weight excluding hydrogens is 140 g/mol. The fraction of sp³-hybridized carbons (Fsp3) is 0.500. The van der Waals surface area contributed by atoms with Gasteiger partial charge >= 0.3 is 0 Å². The molecule has 0 bridgehead atoms. The molecule has 11 heavy (non-hydrogen) atoms. The van der Waals surface area contributed by atoms with Gasteiger partial charge in [-0.2, -0.15) is 5.26 Å². The van der Waals surface area contributed by atoms with E-state index in [0.717, 1.165) is 24.8 Å². The summed E-state index contributed by atoms with van der Waals surface area (Å²) < 4.78 is 0. The number of hydrogen-bond acceptors (Lipinski definition) is 3. The van der Waals surface area contributed by atoms with Gasteiger partial charge in [0.15, 0.2) is 5.71 Å². The number of rotatable bonds is 1. The maximum atomic E-state index is 8.50. The van der Waals surface area contributed by atoms with Crippen LogP contribution in [0.5, 0.6) is 0 Å². The molecule has 1 aliphatic rings. The molecule has 0 saturated carbocycles. The topological polar surface area (TPSA) is 56.4 Å². The van der Waals surface area contributed by atoms with E-state index >= 15 is 0 Å². The fourth-order valence-electron chi connectivity index (χ4n) is 1.21. The van der Waals surface area contributed by atoms with Crippen molar-refractivity contribution in [1.82, 2.24) is 0 Å². The summed E-state index contributed by atoms with van der Waals surface area (Å²) in [5.74, 6) is 0. The van der Waals surface area contributed by atoms with Crippen LogP contribution in [0.1, 0.15) is 25.7 Å². The van der Waals surface area contributed by atoms with Crippen molar-refractivity contribution in [3.8, 4) is 6.07 Å². The first-order valence-corrected chi connectivity index (χ1v) is 3.70. The van der Waals surface area contributed by atoms with Crippen LogP contribution in [-0.4, -0.2) is 10.9 Å². The molecule has 1 rings (SSSR count). The van der Waals surface area contributed by atoms with Crippen LogP contribution in [0.15, 0.2) is 16.8 Å². The van der Waals surface area contributed by atoms with E-state index in [1.807, 2.05) is 12.1 Å². The minimum Gasteiger partial charge on any atom is -0.410 e. The standard InChI is InChI=1S/C8H10N2O/c9-6-8(10-11)7-4-2-1-3-5-7/h4,11H,1-3,5H2. The van der Waals surface area contributed by atoms with Crippen LogP contribution >= 0.6 is 0 Å². The van der Waals surface area contributed by atoms with E-state index < -0.39 is 0 Å². The van der Waals surface area contributed by atoms with Gasteiger partial charge in [0.1, 0.15) is 6.07 Å². The molecule has 0 aromatic heterocycles. The van der Waals surface area contributed by atoms with Crippen LogP contribution in [0, 0.1) is 11.3 Å².